The highest BCUT2D eigenvalue weighted by Gasteiger charge is 2.27. The Morgan fingerprint density at radius 3 is 2.25 bits per heavy atom. The first-order chi connectivity index (χ1) is 11.2. The molecular weight excluding hydrogens is 316 g/mol. The van der Waals surface area contributed by atoms with E-state index < -0.39 is 23.2 Å². The molecule has 8 nitrogen and oxygen atoms in total. The summed E-state index contributed by atoms with van der Waals surface area (Å²) in [4.78, 5) is 34.7. The minimum absolute atomic E-state index is 0.0343. The van der Waals surface area contributed by atoms with Crippen LogP contribution in [0.4, 0.5) is 0 Å². The Bertz CT molecular complexity index is 627. The Kier molecular flexibility index (Phi) is 6.58. The molecule has 0 bridgehead atoms. The molecule has 0 heterocycles. The Balaban J connectivity index is 2.57. The average molecular weight is 338 g/mol. The van der Waals surface area contributed by atoms with E-state index >= 15 is 0 Å². The normalized spacial score (nSPS) is 10.7. The number of carbonyl (C=O) groups is 3. The molecule has 0 atom stereocenters. The number of ether oxygens (including phenoxy) is 2. The van der Waals surface area contributed by atoms with Crippen LogP contribution in [0.2, 0.25) is 0 Å². The SMILES string of the molecule is COc1ccc(C(=O)NCC(=O)NCC(C)(C)C(=O)O)cc1OC. The van der Waals surface area contributed by atoms with Crippen LogP contribution in [0.3, 0.4) is 0 Å². The number of aliphatic carboxylic acids is 1. The smallest absolute Gasteiger partial charge is 0.310 e. The minimum atomic E-state index is -1.08. The van der Waals surface area contributed by atoms with Gasteiger partial charge in [0.15, 0.2) is 11.5 Å². The van der Waals surface area contributed by atoms with E-state index in [2.05, 4.69) is 10.6 Å². The topological polar surface area (TPSA) is 114 Å². The van der Waals surface area contributed by atoms with E-state index in [1.807, 2.05) is 0 Å². The van der Waals surface area contributed by atoms with Crippen molar-refractivity contribution >= 4 is 17.8 Å². The monoisotopic (exact) mass is 338 g/mol. The van der Waals surface area contributed by atoms with Gasteiger partial charge in [0, 0.05) is 12.1 Å². The maximum absolute atomic E-state index is 12.0. The summed E-state index contributed by atoms with van der Waals surface area (Å²) in [5.41, 5.74) is -0.769. The molecule has 0 aliphatic rings. The molecule has 0 aliphatic carbocycles. The van der Waals surface area contributed by atoms with Gasteiger partial charge < -0.3 is 25.2 Å². The first kappa shape index (κ1) is 19.3. The molecule has 3 N–H and O–H groups in total. The number of nitrogens with one attached hydrogen (secondary N) is 2. The fourth-order valence-corrected chi connectivity index (χ4v) is 1.70. The third-order valence-electron chi connectivity index (χ3n) is 3.36. The van der Waals surface area contributed by atoms with Crippen LogP contribution in [-0.4, -0.2) is 50.2 Å². The van der Waals surface area contributed by atoms with Crippen LogP contribution in [0.1, 0.15) is 24.2 Å². The molecule has 1 rings (SSSR count). The Hall–Kier alpha value is -2.77. The molecule has 1 aromatic rings. The van der Waals surface area contributed by atoms with Crippen LogP contribution >= 0.6 is 0 Å². The number of carbonyl (C=O) groups excluding carboxylic acids is 2. The number of carboxylic acids is 1. The second-order valence-corrected chi connectivity index (χ2v) is 5.72. The lowest BCUT2D eigenvalue weighted by atomic mass is 9.94. The molecule has 0 unspecified atom stereocenters. The second-order valence-electron chi connectivity index (χ2n) is 5.72. The van der Waals surface area contributed by atoms with E-state index in [1.165, 1.54) is 34.1 Å². The van der Waals surface area contributed by atoms with Crippen LogP contribution < -0.4 is 20.1 Å². The number of rotatable bonds is 8. The molecule has 0 saturated carbocycles. The summed E-state index contributed by atoms with van der Waals surface area (Å²) in [6.07, 6.45) is 0. The number of methoxy groups -OCH3 is 2. The van der Waals surface area contributed by atoms with Crippen molar-refractivity contribution in [2.75, 3.05) is 27.3 Å². The summed E-state index contributed by atoms with van der Waals surface area (Å²) in [5.74, 6) is -1.06. The zero-order valence-corrected chi connectivity index (χ0v) is 14.1. The van der Waals surface area contributed by atoms with Gasteiger partial charge in [-0.05, 0) is 32.0 Å². The van der Waals surface area contributed by atoms with Crippen molar-refractivity contribution < 1.29 is 29.0 Å². The maximum Gasteiger partial charge on any atom is 0.310 e. The summed E-state index contributed by atoms with van der Waals surface area (Å²) >= 11 is 0. The molecular formula is C16H22N2O6. The largest absolute Gasteiger partial charge is 0.493 e. The van der Waals surface area contributed by atoms with Crippen molar-refractivity contribution in [1.82, 2.24) is 10.6 Å². The van der Waals surface area contributed by atoms with Gasteiger partial charge in [-0.2, -0.15) is 0 Å². The quantitative estimate of drug-likeness (QED) is 0.642. The first-order valence-corrected chi connectivity index (χ1v) is 7.21. The van der Waals surface area contributed by atoms with E-state index in [9.17, 15) is 14.4 Å². The number of amides is 2. The third-order valence-corrected chi connectivity index (χ3v) is 3.36. The summed E-state index contributed by atoms with van der Waals surface area (Å²) in [6, 6.07) is 4.63. The predicted octanol–water partition coefficient (Wildman–Crippen LogP) is 0.661. The zero-order valence-electron chi connectivity index (χ0n) is 14.1. The lowest BCUT2D eigenvalue weighted by molar-refractivity contribution is -0.146. The molecule has 0 aromatic heterocycles. The van der Waals surface area contributed by atoms with E-state index in [-0.39, 0.29) is 13.1 Å². The van der Waals surface area contributed by atoms with Crippen molar-refractivity contribution in [3.05, 3.63) is 23.8 Å². The number of hydrogen-bond acceptors (Lipinski definition) is 5. The summed E-state index contributed by atoms with van der Waals surface area (Å²) in [6.45, 7) is 2.70. The molecule has 0 fully saturated rings. The standard InChI is InChI=1S/C16H22N2O6/c1-16(2,15(21)22)9-18-13(19)8-17-14(20)10-5-6-11(23-3)12(7-10)24-4/h5-7H,8-9H2,1-4H3,(H,17,20)(H,18,19)(H,21,22). The zero-order chi connectivity index (χ0) is 18.3. The molecule has 0 aliphatic heterocycles. The highest BCUT2D eigenvalue weighted by Crippen LogP contribution is 2.27. The van der Waals surface area contributed by atoms with E-state index in [0.717, 1.165) is 0 Å². The molecule has 132 valence electrons. The average Bonchev–Trinajstić information content (AvgIpc) is 2.56. The summed E-state index contributed by atoms with van der Waals surface area (Å²) in [7, 11) is 2.94. The Morgan fingerprint density at radius 2 is 1.71 bits per heavy atom. The Labute approximate surface area is 140 Å². The van der Waals surface area contributed by atoms with Gasteiger partial charge in [-0.1, -0.05) is 0 Å². The fraction of sp³-hybridized carbons (Fsp3) is 0.438. The minimum Gasteiger partial charge on any atom is -0.493 e. The lowest BCUT2D eigenvalue weighted by Gasteiger charge is -2.19. The van der Waals surface area contributed by atoms with Gasteiger partial charge in [0.25, 0.3) is 5.91 Å². The highest BCUT2D eigenvalue weighted by atomic mass is 16.5. The van der Waals surface area contributed by atoms with Crippen molar-refractivity contribution in [2.24, 2.45) is 5.41 Å². The predicted molar refractivity (Wildman–Crippen MR) is 86.3 cm³/mol. The van der Waals surface area contributed by atoms with E-state index in [0.29, 0.717) is 17.1 Å². The van der Waals surface area contributed by atoms with Gasteiger partial charge >= 0.3 is 5.97 Å². The second kappa shape index (κ2) is 8.19. The van der Waals surface area contributed by atoms with Crippen LogP contribution in [0.15, 0.2) is 18.2 Å². The molecule has 24 heavy (non-hydrogen) atoms. The number of benzene rings is 1. The fourth-order valence-electron chi connectivity index (χ4n) is 1.70. The molecule has 0 spiro atoms. The Morgan fingerprint density at radius 1 is 1.08 bits per heavy atom. The first-order valence-electron chi connectivity index (χ1n) is 7.21. The molecule has 0 saturated heterocycles. The van der Waals surface area contributed by atoms with Gasteiger partial charge in [-0.3, -0.25) is 14.4 Å². The van der Waals surface area contributed by atoms with Crippen molar-refractivity contribution in [2.45, 2.75) is 13.8 Å². The lowest BCUT2D eigenvalue weighted by Crippen LogP contribution is -2.43. The number of carboxylic acid groups (broad SMARTS) is 1. The van der Waals surface area contributed by atoms with Crippen LogP contribution in [0.25, 0.3) is 0 Å². The summed E-state index contributed by atoms with van der Waals surface area (Å²) < 4.78 is 10.2. The molecule has 8 heteroatoms. The van der Waals surface area contributed by atoms with Gasteiger partial charge in [-0.25, -0.2) is 0 Å². The summed E-state index contributed by atoms with van der Waals surface area (Å²) in [5, 5.41) is 13.9. The third kappa shape index (κ3) is 5.15. The van der Waals surface area contributed by atoms with Crippen molar-refractivity contribution in [3.8, 4) is 11.5 Å². The van der Waals surface area contributed by atoms with Crippen LogP contribution in [0, 0.1) is 5.41 Å². The molecule has 0 radical (unpaired) electrons. The van der Waals surface area contributed by atoms with Crippen molar-refractivity contribution in [1.29, 1.82) is 0 Å². The molecule has 1 aromatic carbocycles. The van der Waals surface area contributed by atoms with Crippen molar-refractivity contribution in [3.63, 3.8) is 0 Å². The van der Waals surface area contributed by atoms with Gasteiger partial charge in [0.2, 0.25) is 5.91 Å². The maximum atomic E-state index is 12.0. The van der Waals surface area contributed by atoms with Crippen LogP contribution in [-0.2, 0) is 9.59 Å². The van der Waals surface area contributed by atoms with Gasteiger partial charge in [-0.15, -0.1) is 0 Å². The van der Waals surface area contributed by atoms with Gasteiger partial charge in [0.1, 0.15) is 0 Å². The highest BCUT2D eigenvalue weighted by molar-refractivity contribution is 5.97. The molecule has 2 amide bonds. The van der Waals surface area contributed by atoms with E-state index in [1.54, 1.807) is 12.1 Å². The number of hydrogen-bond donors (Lipinski definition) is 3. The van der Waals surface area contributed by atoms with Crippen LogP contribution in [0.5, 0.6) is 11.5 Å². The van der Waals surface area contributed by atoms with E-state index in [4.69, 9.17) is 14.6 Å². The van der Waals surface area contributed by atoms with Gasteiger partial charge in [0.05, 0.1) is 26.2 Å².